The van der Waals surface area contributed by atoms with E-state index in [-0.39, 0.29) is 20.3 Å². The summed E-state index contributed by atoms with van der Waals surface area (Å²) in [5, 5.41) is 0. The van der Waals surface area contributed by atoms with Crippen LogP contribution in [0.2, 0.25) is 0 Å². The van der Waals surface area contributed by atoms with Crippen LogP contribution in [0.1, 0.15) is 119 Å². The van der Waals surface area contributed by atoms with Gasteiger partial charge in [-0.3, -0.25) is 4.79 Å². The molecule has 4 aliphatic carbocycles. The summed E-state index contributed by atoms with van der Waals surface area (Å²) in [5.74, 6) is 3.23. The molecular weight excluding hydrogens is 392 g/mol. The van der Waals surface area contributed by atoms with Gasteiger partial charge >= 0.3 is 0 Å². The molecule has 32 heavy (non-hydrogen) atoms. The normalized spacial score (nSPS) is 33.3. The lowest BCUT2D eigenvalue weighted by atomic mass is 9.73. The fourth-order valence-electron chi connectivity index (χ4n) is 6.38. The third-order valence-electron chi connectivity index (χ3n) is 8.22. The van der Waals surface area contributed by atoms with E-state index in [9.17, 15) is 9.59 Å². The summed E-state index contributed by atoms with van der Waals surface area (Å²) in [6.07, 6.45) is 27.5. The first kappa shape index (κ1) is 28.9. The van der Waals surface area contributed by atoms with Crippen LogP contribution in [0.5, 0.6) is 0 Å². The molecule has 0 saturated heterocycles. The molecule has 2 saturated carbocycles. The highest BCUT2D eigenvalue weighted by Crippen LogP contribution is 2.53. The number of allylic oxidation sites excluding steroid dienone is 4. The second-order valence-electron chi connectivity index (χ2n) is 10.5. The smallest absolute Gasteiger partial charge is 0.142 e. The summed E-state index contributed by atoms with van der Waals surface area (Å²) >= 11 is 0. The number of ketones is 1. The molecule has 6 unspecified atom stereocenters. The van der Waals surface area contributed by atoms with Crippen molar-refractivity contribution >= 4 is 12.1 Å². The third kappa shape index (κ3) is 7.16. The van der Waals surface area contributed by atoms with Crippen molar-refractivity contribution in [2.75, 3.05) is 0 Å². The zero-order valence-corrected chi connectivity index (χ0v) is 19.5. The molecule has 0 aromatic carbocycles. The predicted molar refractivity (Wildman–Crippen MR) is 139 cm³/mol. The van der Waals surface area contributed by atoms with Crippen molar-refractivity contribution in [1.82, 2.24) is 0 Å². The van der Waals surface area contributed by atoms with E-state index in [0.29, 0.717) is 29.5 Å². The summed E-state index contributed by atoms with van der Waals surface area (Å²) in [5.41, 5.74) is 0.0349. The molecule has 2 fully saturated rings. The largest absolute Gasteiger partial charge is 0.303 e. The first-order valence-corrected chi connectivity index (χ1v) is 13.0. The van der Waals surface area contributed by atoms with Crippen molar-refractivity contribution in [2.45, 2.75) is 119 Å². The molecule has 4 rings (SSSR count). The zero-order chi connectivity index (χ0) is 21.4. The lowest BCUT2D eigenvalue weighted by molar-refractivity contribution is -0.128. The van der Waals surface area contributed by atoms with Gasteiger partial charge in [-0.15, -0.1) is 0 Å². The van der Waals surface area contributed by atoms with E-state index in [1.165, 1.54) is 64.1 Å². The summed E-state index contributed by atoms with van der Waals surface area (Å²) in [6.45, 7) is 4.46. The van der Waals surface area contributed by atoms with Gasteiger partial charge in [0.05, 0.1) is 0 Å². The Morgan fingerprint density at radius 3 is 2.12 bits per heavy atom. The number of carbonyl (C=O) groups excluding carboxylic acids is 2. The van der Waals surface area contributed by atoms with Crippen molar-refractivity contribution in [3.63, 3.8) is 0 Å². The SMILES string of the molecule is C.C.CCCCCCC1(C=O)CC2C=CC1C2.CCCCCCC1CC2C=CC(C2)C1=O. The highest BCUT2D eigenvalue weighted by atomic mass is 16.1. The third-order valence-corrected chi connectivity index (χ3v) is 8.22. The van der Waals surface area contributed by atoms with Crippen LogP contribution >= 0.6 is 0 Å². The molecule has 0 radical (unpaired) electrons. The minimum Gasteiger partial charge on any atom is -0.303 e. The highest BCUT2D eigenvalue weighted by Gasteiger charge is 2.47. The number of rotatable bonds is 11. The van der Waals surface area contributed by atoms with Gasteiger partial charge in [-0.2, -0.15) is 0 Å². The van der Waals surface area contributed by atoms with Gasteiger partial charge in [0.25, 0.3) is 0 Å². The minimum absolute atomic E-state index is 0. The minimum atomic E-state index is 0. The number of fused-ring (bicyclic) bond motifs is 4. The maximum Gasteiger partial charge on any atom is 0.142 e. The number of Topliss-reactive ketones (excluding diaryl/α,β-unsaturated/α-hetero) is 1. The number of aldehydes is 1. The number of carbonyl (C=O) groups is 2. The van der Waals surface area contributed by atoms with Crippen molar-refractivity contribution in [3.8, 4) is 0 Å². The standard InChI is InChI=1S/2C14H22O.2CH4/c1-2-3-4-5-8-14(11-15)10-12-6-7-13(14)9-12;1-2-3-4-5-6-12-9-11-7-8-13(10-11)14(12)15;;/h6-7,11-13H,2-5,8-10H2,1H3;7-8,11-13H,2-6,9-10H2,1H3;2*1H4. The van der Waals surface area contributed by atoms with Gasteiger partial charge in [-0.05, 0) is 56.3 Å². The Labute approximate surface area is 199 Å². The molecule has 0 heterocycles. The highest BCUT2D eigenvalue weighted by molar-refractivity contribution is 5.86. The lowest BCUT2D eigenvalue weighted by Crippen LogP contribution is -2.28. The van der Waals surface area contributed by atoms with Crippen LogP contribution in [0.4, 0.5) is 0 Å². The first-order chi connectivity index (χ1) is 14.6. The molecule has 0 spiro atoms. The van der Waals surface area contributed by atoms with E-state index in [1.807, 2.05) is 0 Å². The van der Waals surface area contributed by atoms with Gasteiger partial charge in [0, 0.05) is 17.3 Å². The molecule has 0 aromatic rings. The molecular formula is C30H52O2. The van der Waals surface area contributed by atoms with E-state index < -0.39 is 0 Å². The van der Waals surface area contributed by atoms with Crippen LogP contribution in [0, 0.1) is 35.0 Å². The topological polar surface area (TPSA) is 34.1 Å². The molecule has 2 heteroatoms. The van der Waals surface area contributed by atoms with Crippen molar-refractivity contribution < 1.29 is 9.59 Å². The summed E-state index contributed by atoms with van der Waals surface area (Å²) in [4.78, 5) is 23.3. The molecule has 0 aliphatic heterocycles. The van der Waals surface area contributed by atoms with Crippen LogP contribution in [-0.4, -0.2) is 12.1 Å². The van der Waals surface area contributed by atoms with Gasteiger partial charge in [0.2, 0.25) is 0 Å². The summed E-state index contributed by atoms with van der Waals surface area (Å²) in [7, 11) is 0. The quantitative estimate of drug-likeness (QED) is 0.181. The van der Waals surface area contributed by atoms with Gasteiger partial charge < -0.3 is 4.79 Å². The summed E-state index contributed by atoms with van der Waals surface area (Å²) in [6, 6.07) is 0. The van der Waals surface area contributed by atoms with E-state index in [2.05, 4.69) is 38.2 Å². The van der Waals surface area contributed by atoms with Crippen LogP contribution in [0.15, 0.2) is 24.3 Å². The molecule has 4 bridgehead atoms. The maximum absolute atomic E-state index is 12.0. The Kier molecular flexibility index (Phi) is 12.8. The number of unbranched alkanes of at least 4 members (excludes halogenated alkanes) is 6. The monoisotopic (exact) mass is 444 g/mol. The van der Waals surface area contributed by atoms with Crippen LogP contribution in [0.3, 0.4) is 0 Å². The van der Waals surface area contributed by atoms with E-state index in [4.69, 9.17) is 0 Å². The Bertz CT molecular complexity index is 618. The lowest BCUT2D eigenvalue weighted by Gasteiger charge is -2.29. The molecule has 4 aliphatic rings. The molecule has 6 atom stereocenters. The van der Waals surface area contributed by atoms with Crippen molar-refractivity contribution in [2.24, 2.45) is 35.0 Å². The van der Waals surface area contributed by atoms with Crippen LogP contribution in [-0.2, 0) is 9.59 Å². The van der Waals surface area contributed by atoms with Crippen LogP contribution < -0.4 is 0 Å². The fraction of sp³-hybridized carbons (Fsp3) is 0.800. The Balaban J connectivity index is 0.000000301. The molecule has 184 valence electrons. The molecule has 2 nitrogen and oxygen atoms in total. The maximum atomic E-state index is 12.0. The predicted octanol–water partition coefficient (Wildman–Crippen LogP) is 8.75. The second kappa shape index (κ2) is 14.2. The Morgan fingerprint density at radius 2 is 1.53 bits per heavy atom. The van der Waals surface area contributed by atoms with E-state index in [1.54, 1.807) is 0 Å². The average molecular weight is 445 g/mol. The molecule has 0 amide bonds. The molecule has 0 aromatic heterocycles. The first-order valence-electron chi connectivity index (χ1n) is 13.0. The summed E-state index contributed by atoms with van der Waals surface area (Å²) < 4.78 is 0. The Morgan fingerprint density at radius 1 is 0.844 bits per heavy atom. The average Bonchev–Trinajstić information content (AvgIpc) is 3.48. The zero-order valence-electron chi connectivity index (χ0n) is 19.5. The van der Waals surface area contributed by atoms with E-state index >= 15 is 0 Å². The van der Waals surface area contributed by atoms with Gasteiger partial charge in [0.15, 0.2) is 0 Å². The van der Waals surface area contributed by atoms with Crippen molar-refractivity contribution in [3.05, 3.63) is 24.3 Å². The Hall–Kier alpha value is -1.18. The van der Waals surface area contributed by atoms with Gasteiger partial charge in [-0.1, -0.05) is 104 Å². The van der Waals surface area contributed by atoms with Crippen LogP contribution in [0.25, 0.3) is 0 Å². The fourth-order valence-corrected chi connectivity index (χ4v) is 6.38. The van der Waals surface area contributed by atoms with Gasteiger partial charge in [-0.25, -0.2) is 0 Å². The number of hydrogen-bond donors (Lipinski definition) is 0. The van der Waals surface area contributed by atoms with E-state index in [0.717, 1.165) is 38.0 Å². The van der Waals surface area contributed by atoms with Crippen molar-refractivity contribution in [1.29, 1.82) is 0 Å². The second-order valence-corrected chi connectivity index (χ2v) is 10.5. The number of hydrogen-bond acceptors (Lipinski definition) is 2. The molecule has 0 N–H and O–H groups in total. The van der Waals surface area contributed by atoms with Gasteiger partial charge in [0.1, 0.15) is 12.1 Å².